The van der Waals surface area contributed by atoms with Crippen LogP contribution in [-0.4, -0.2) is 35.5 Å². The quantitative estimate of drug-likeness (QED) is 0.395. The smallest absolute Gasteiger partial charge is 0.226 e. The highest BCUT2D eigenvalue weighted by atomic mass is 127. The second-order valence-corrected chi connectivity index (χ2v) is 7.71. The predicted molar refractivity (Wildman–Crippen MR) is 119 cm³/mol. The fourth-order valence-corrected chi connectivity index (χ4v) is 3.99. The number of guanidine groups is 1. The molecule has 1 aromatic heterocycles. The first kappa shape index (κ1) is 20.2. The molecule has 2 heterocycles. The van der Waals surface area contributed by atoms with Gasteiger partial charge < -0.3 is 14.6 Å². The molecule has 1 saturated heterocycles. The SMILES string of the molecule is CCNC(=NCc1coc(-c2ccc(C)cc2)n1)N1CCC2(CCC2)C1.I. The van der Waals surface area contributed by atoms with E-state index >= 15 is 0 Å². The van der Waals surface area contributed by atoms with Crippen molar-refractivity contribution in [1.29, 1.82) is 0 Å². The van der Waals surface area contributed by atoms with Crippen LogP contribution in [0.25, 0.3) is 11.5 Å². The second kappa shape index (κ2) is 8.63. The van der Waals surface area contributed by atoms with Crippen molar-refractivity contribution in [1.82, 2.24) is 15.2 Å². The van der Waals surface area contributed by atoms with Gasteiger partial charge in [-0.05, 0) is 50.7 Å². The number of aliphatic imine (C=N–C) groups is 1. The van der Waals surface area contributed by atoms with Crippen molar-refractivity contribution in [2.75, 3.05) is 19.6 Å². The van der Waals surface area contributed by atoms with Gasteiger partial charge in [-0.15, -0.1) is 24.0 Å². The molecule has 4 rings (SSSR count). The molecular formula is C21H29IN4O. The van der Waals surface area contributed by atoms with Crippen LogP contribution in [0.15, 0.2) is 39.9 Å². The molecule has 1 aliphatic carbocycles. The number of nitrogens with one attached hydrogen (secondary N) is 1. The Labute approximate surface area is 178 Å². The minimum atomic E-state index is 0. The van der Waals surface area contributed by atoms with Gasteiger partial charge in [0, 0.05) is 25.2 Å². The van der Waals surface area contributed by atoms with Gasteiger partial charge in [-0.1, -0.05) is 24.1 Å². The fraction of sp³-hybridized carbons (Fsp3) is 0.524. The highest BCUT2D eigenvalue weighted by Crippen LogP contribution is 2.47. The number of oxazole rings is 1. The first-order chi connectivity index (χ1) is 12.7. The molecule has 1 spiro atoms. The molecule has 1 aliphatic heterocycles. The van der Waals surface area contributed by atoms with Crippen LogP contribution >= 0.6 is 24.0 Å². The lowest BCUT2D eigenvalue weighted by Gasteiger charge is -2.38. The Morgan fingerprint density at radius 3 is 2.67 bits per heavy atom. The monoisotopic (exact) mass is 480 g/mol. The van der Waals surface area contributed by atoms with Gasteiger partial charge in [-0.2, -0.15) is 0 Å². The molecule has 1 N–H and O–H groups in total. The number of likely N-dealkylation sites (tertiary alicyclic amines) is 1. The molecule has 6 heteroatoms. The van der Waals surface area contributed by atoms with Crippen molar-refractivity contribution in [2.45, 2.75) is 46.1 Å². The van der Waals surface area contributed by atoms with Crippen LogP contribution in [0.2, 0.25) is 0 Å². The van der Waals surface area contributed by atoms with E-state index in [1.807, 2.05) is 12.1 Å². The first-order valence-corrected chi connectivity index (χ1v) is 9.72. The van der Waals surface area contributed by atoms with Crippen molar-refractivity contribution in [2.24, 2.45) is 10.4 Å². The molecule has 2 aliphatic rings. The third kappa shape index (κ3) is 4.47. The molecule has 2 aromatic rings. The molecule has 27 heavy (non-hydrogen) atoms. The van der Waals surface area contributed by atoms with Crippen LogP contribution in [0, 0.1) is 12.3 Å². The van der Waals surface area contributed by atoms with Crippen molar-refractivity contribution >= 4 is 29.9 Å². The Hall–Kier alpha value is -1.57. The summed E-state index contributed by atoms with van der Waals surface area (Å²) >= 11 is 0. The van der Waals surface area contributed by atoms with Gasteiger partial charge in [-0.25, -0.2) is 9.98 Å². The highest BCUT2D eigenvalue weighted by molar-refractivity contribution is 14.0. The molecule has 146 valence electrons. The largest absolute Gasteiger partial charge is 0.444 e. The summed E-state index contributed by atoms with van der Waals surface area (Å²) in [5.74, 6) is 1.67. The van der Waals surface area contributed by atoms with Crippen molar-refractivity contribution in [3.8, 4) is 11.5 Å². The third-order valence-corrected chi connectivity index (χ3v) is 5.73. The minimum Gasteiger partial charge on any atom is -0.444 e. The van der Waals surface area contributed by atoms with E-state index in [-0.39, 0.29) is 24.0 Å². The number of aromatic nitrogens is 1. The van der Waals surface area contributed by atoms with E-state index in [2.05, 4.69) is 41.2 Å². The maximum absolute atomic E-state index is 5.65. The molecule has 1 aromatic carbocycles. The summed E-state index contributed by atoms with van der Waals surface area (Å²) in [6, 6.07) is 8.23. The lowest BCUT2D eigenvalue weighted by Crippen LogP contribution is -2.42. The standard InChI is InChI=1S/C21H28N4O.HI/c1-3-22-20(25-12-11-21(15-25)9-4-10-21)23-13-18-14-26-19(24-18)17-7-5-16(2)6-8-17;/h5-8,14H,3-4,9-13,15H2,1-2H3,(H,22,23);1H. The Balaban J connectivity index is 0.00000210. The van der Waals surface area contributed by atoms with Gasteiger partial charge in [0.1, 0.15) is 12.0 Å². The average molecular weight is 480 g/mol. The van der Waals surface area contributed by atoms with E-state index in [1.165, 1.54) is 31.2 Å². The summed E-state index contributed by atoms with van der Waals surface area (Å²) < 4.78 is 5.65. The lowest BCUT2D eigenvalue weighted by atomic mass is 9.68. The van der Waals surface area contributed by atoms with Crippen molar-refractivity contribution in [3.05, 3.63) is 41.8 Å². The van der Waals surface area contributed by atoms with Gasteiger partial charge in [0.05, 0.1) is 6.54 Å². The van der Waals surface area contributed by atoms with Crippen LogP contribution in [0.4, 0.5) is 0 Å². The third-order valence-electron chi connectivity index (χ3n) is 5.73. The Kier molecular flexibility index (Phi) is 6.44. The summed E-state index contributed by atoms with van der Waals surface area (Å²) in [5, 5.41) is 3.44. The van der Waals surface area contributed by atoms with Gasteiger partial charge >= 0.3 is 0 Å². The normalized spacial score (nSPS) is 18.3. The van der Waals surface area contributed by atoms with Crippen LogP contribution in [0.3, 0.4) is 0 Å². The minimum absolute atomic E-state index is 0. The van der Waals surface area contributed by atoms with Gasteiger partial charge in [0.2, 0.25) is 5.89 Å². The van der Waals surface area contributed by atoms with Crippen LogP contribution in [0.1, 0.15) is 43.9 Å². The van der Waals surface area contributed by atoms with E-state index in [0.717, 1.165) is 36.9 Å². The van der Waals surface area contributed by atoms with Crippen LogP contribution < -0.4 is 5.32 Å². The van der Waals surface area contributed by atoms with Crippen molar-refractivity contribution < 1.29 is 4.42 Å². The maximum atomic E-state index is 5.65. The van der Waals surface area contributed by atoms with E-state index in [4.69, 9.17) is 9.41 Å². The summed E-state index contributed by atoms with van der Waals surface area (Å²) in [7, 11) is 0. The highest BCUT2D eigenvalue weighted by Gasteiger charge is 2.43. The van der Waals surface area contributed by atoms with E-state index < -0.39 is 0 Å². The topological polar surface area (TPSA) is 53.7 Å². The number of hydrogen-bond donors (Lipinski definition) is 1. The lowest BCUT2D eigenvalue weighted by molar-refractivity contribution is 0.151. The maximum Gasteiger partial charge on any atom is 0.226 e. The number of halogens is 1. The Morgan fingerprint density at radius 2 is 2.04 bits per heavy atom. The average Bonchev–Trinajstić information content (AvgIpc) is 3.26. The number of benzene rings is 1. The zero-order chi connectivity index (χ0) is 18.0. The number of hydrogen-bond acceptors (Lipinski definition) is 3. The first-order valence-electron chi connectivity index (χ1n) is 9.72. The Bertz CT molecular complexity index is 780. The molecule has 0 unspecified atom stereocenters. The van der Waals surface area contributed by atoms with Crippen LogP contribution in [-0.2, 0) is 6.54 Å². The van der Waals surface area contributed by atoms with Gasteiger partial charge in [0.25, 0.3) is 0 Å². The molecule has 2 fully saturated rings. The number of nitrogens with zero attached hydrogens (tertiary/aromatic N) is 3. The molecule has 1 saturated carbocycles. The molecular weight excluding hydrogens is 451 g/mol. The molecule has 0 bridgehead atoms. The summed E-state index contributed by atoms with van der Waals surface area (Å²) in [6.07, 6.45) is 7.18. The second-order valence-electron chi connectivity index (χ2n) is 7.71. The summed E-state index contributed by atoms with van der Waals surface area (Å²) in [5.41, 5.74) is 3.68. The molecule has 5 nitrogen and oxygen atoms in total. The van der Waals surface area contributed by atoms with E-state index in [9.17, 15) is 0 Å². The van der Waals surface area contributed by atoms with E-state index in [0.29, 0.717) is 17.9 Å². The fourth-order valence-electron chi connectivity index (χ4n) is 3.99. The number of rotatable bonds is 4. The van der Waals surface area contributed by atoms with E-state index in [1.54, 1.807) is 6.26 Å². The zero-order valence-electron chi connectivity index (χ0n) is 16.2. The zero-order valence-corrected chi connectivity index (χ0v) is 18.5. The molecule has 0 atom stereocenters. The van der Waals surface area contributed by atoms with Gasteiger partial charge in [-0.3, -0.25) is 0 Å². The Morgan fingerprint density at radius 1 is 1.26 bits per heavy atom. The van der Waals surface area contributed by atoms with Crippen molar-refractivity contribution in [3.63, 3.8) is 0 Å². The summed E-state index contributed by atoms with van der Waals surface area (Å²) in [6.45, 7) is 7.88. The van der Waals surface area contributed by atoms with Crippen LogP contribution in [0.5, 0.6) is 0 Å². The predicted octanol–water partition coefficient (Wildman–Crippen LogP) is 4.61. The van der Waals surface area contributed by atoms with Gasteiger partial charge in [0.15, 0.2) is 5.96 Å². The summed E-state index contributed by atoms with van der Waals surface area (Å²) in [4.78, 5) is 11.8. The molecule has 0 radical (unpaired) electrons. The molecule has 0 amide bonds. The number of aryl methyl sites for hydroxylation is 1.